The van der Waals surface area contributed by atoms with Crippen LogP contribution in [0.5, 0.6) is 5.75 Å². The first-order valence-electron chi connectivity index (χ1n) is 5.58. The van der Waals surface area contributed by atoms with Crippen molar-refractivity contribution < 1.29 is 17.9 Å². The zero-order valence-corrected chi connectivity index (χ0v) is 10.2. The van der Waals surface area contributed by atoms with Crippen LogP contribution in [0, 0.1) is 0 Å². The van der Waals surface area contributed by atoms with Crippen LogP contribution in [0.2, 0.25) is 0 Å². The van der Waals surface area contributed by atoms with Crippen LogP contribution in [0.1, 0.15) is 17.2 Å². The first-order chi connectivity index (χ1) is 8.34. The molecular weight excluding hydrogens is 245 g/mol. The number of nitrogens with zero attached hydrogens (tertiary/aromatic N) is 1. The highest BCUT2D eigenvalue weighted by Gasteiger charge is 2.46. The second-order valence-electron chi connectivity index (χ2n) is 4.47. The fourth-order valence-corrected chi connectivity index (χ4v) is 2.39. The molecule has 1 aliphatic heterocycles. The molecule has 1 heterocycles. The molecule has 0 fully saturated rings. The maximum atomic E-state index is 13.1. The van der Waals surface area contributed by atoms with Gasteiger partial charge in [0.1, 0.15) is 11.8 Å². The molecule has 1 atom stereocenters. The number of anilines is 1. The molecule has 1 aliphatic rings. The zero-order chi connectivity index (χ0) is 13.5. The Kier molecular flexibility index (Phi) is 3.14. The summed E-state index contributed by atoms with van der Waals surface area (Å²) in [6, 6.07) is 1.40. The van der Waals surface area contributed by atoms with Crippen molar-refractivity contribution in [3.05, 3.63) is 23.3 Å². The summed E-state index contributed by atoms with van der Waals surface area (Å²) in [5.74, 6) is 0.430. The van der Waals surface area contributed by atoms with Gasteiger partial charge in [0.05, 0.1) is 12.8 Å². The standard InChI is InChI=1S/C12H15F3N2O/c1-17-4-3-7-5-10(18-2)9(16)6-8(7)11(17)12(13,14)15/h5-6,11H,3-4,16H2,1-2H3. The minimum absolute atomic E-state index is 0.231. The van der Waals surface area contributed by atoms with E-state index in [-0.39, 0.29) is 11.3 Å². The molecular formula is C12H15F3N2O. The van der Waals surface area contributed by atoms with Crippen LogP contribution in [-0.2, 0) is 6.42 Å². The minimum atomic E-state index is -4.30. The molecule has 0 aromatic heterocycles. The number of methoxy groups -OCH3 is 1. The number of hydrogen-bond donors (Lipinski definition) is 1. The molecule has 2 rings (SSSR count). The molecule has 0 saturated heterocycles. The maximum absolute atomic E-state index is 13.1. The third-order valence-corrected chi connectivity index (χ3v) is 3.27. The fraction of sp³-hybridized carbons (Fsp3) is 0.500. The number of halogens is 3. The van der Waals surface area contributed by atoms with Crippen molar-refractivity contribution in [2.24, 2.45) is 0 Å². The highest BCUT2D eigenvalue weighted by atomic mass is 19.4. The first kappa shape index (κ1) is 13.0. The number of benzene rings is 1. The predicted molar refractivity (Wildman–Crippen MR) is 62.5 cm³/mol. The van der Waals surface area contributed by atoms with E-state index in [9.17, 15) is 13.2 Å². The highest BCUT2D eigenvalue weighted by Crippen LogP contribution is 2.43. The van der Waals surface area contributed by atoms with E-state index in [1.165, 1.54) is 25.1 Å². The summed E-state index contributed by atoms with van der Waals surface area (Å²) in [6.45, 7) is 0.365. The van der Waals surface area contributed by atoms with Gasteiger partial charge < -0.3 is 10.5 Å². The normalized spacial score (nSPS) is 20.6. The first-order valence-corrected chi connectivity index (χ1v) is 5.58. The van der Waals surface area contributed by atoms with E-state index in [1.54, 1.807) is 6.07 Å². The Balaban J connectivity index is 2.53. The molecule has 2 N–H and O–H groups in total. The second-order valence-corrected chi connectivity index (χ2v) is 4.47. The smallest absolute Gasteiger partial charge is 0.408 e. The van der Waals surface area contributed by atoms with E-state index in [0.717, 1.165) is 0 Å². The lowest BCUT2D eigenvalue weighted by Gasteiger charge is -2.36. The van der Waals surface area contributed by atoms with E-state index in [4.69, 9.17) is 10.5 Å². The van der Waals surface area contributed by atoms with E-state index >= 15 is 0 Å². The Bertz CT molecular complexity index is 459. The number of nitrogens with two attached hydrogens (primary N) is 1. The highest BCUT2D eigenvalue weighted by molar-refractivity contribution is 5.58. The van der Waals surface area contributed by atoms with Gasteiger partial charge >= 0.3 is 6.18 Å². The second kappa shape index (κ2) is 4.35. The predicted octanol–water partition coefficient (Wildman–Crippen LogP) is 2.37. The molecule has 0 spiro atoms. The summed E-state index contributed by atoms with van der Waals surface area (Å²) in [5, 5.41) is 0. The molecule has 18 heavy (non-hydrogen) atoms. The van der Waals surface area contributed by atoms with Crippen molar-refractivity contribution >= 4 is 5.69 Å². The van der Waals surface area contributed by atoms with Gasteiger partial charge in [0, 0.05) is 6.54 Å². The van der Waals surface area contributed by atoms with Crippen LogP contribution in [0.3, 0.4) is 0 Å². The van der Waals surface area contributed by atoms with Crippen molar-refractivity contribution in [2.45, 2.75) is 18.6 Å². The van der Waals surface area contributed by atoms with Crippen molar-refractivity contribution in [3.63, 3.8) is 0 Å². The summed E-state index contributed by atoms with van der Waals surface area (Å²) in [6.07, 6.45) is -3.74. The van der Waals surface area contributed by atoms with Gasteiger partial charge in [0.25, 0.3) is 0 Å². The Morgan fingerprint density at radius 2 is 2.06 bits per heavy atom. The Morgan fingerprint density at radius 1 is 1.39 bits per heavy atom. The number of hydrogen-bond acceptors (Lipinski definition) is 3. The maximum Gasteiger partial charge on any atom is 0.408 e. The van der Waals surface area contributed by atoms with Gasteiger partial charge in [0.15, 0.2) is 0 Å². The van der Waals surface area contributed by atoms with E-state index in [0.29, 0.717) is 24.3 Å². The van der Waals surface area contributed by atoms with E-state index in [1.807, 2.05) is 0 Å². The molecule has 0 saturated carbocycles. The molecule has 0 bridgehead atoms. The van der Waals surface area contributed by atoms with Gasteiger partial charge in [-0.1, -0.05) is 0 Å². The summed E-state index contributed by atoms with van der Waals surface area (Å²) in [5.41, 5.74) is 6.82. The lowest BCUT2D eigenvalue weighted by Crippen LogP contribution is -2.40. The molecule has 0 amide bonds. The number of fused-ring (bicyclic) bond motifs is 1. The van der Waals surface area contributed by atoms with Gasteiger partial charge in [-0.2, -0.15) is 13.2 Å². The average molecular weight is 260 g/mol. The van der Waals surface area contributed by atoms with Crippen LogP contribution in [0.4, 0.5) is 18.9 Å². The van der Waals surface area contributed by atoms with Crippen LogP contribution in [-0.4, -0.2) is 31.8 Å². The summed E-state index contributed by atoms with van der Waals surface area (Å²) >= 11 is 0. The van der Waals surface area contributed by atoms with Crippen molar-refractivity contribution in [1.82, 2.24) is 4.90 Å². The van der Waals surface area contributed by atoms with Gasteiger partial charge in [-0.3, -0.25) is 4.90 Å². The summed E-state index contributed by atoms with van der Waals surface area (Å²) in [7, 11) is 2.93. The van der Waals surface area contributed by atoms with Crippen LogP contribution >= 0.6 is 0 Å². The topological polar surface area (TPSA) is 38.5 Å². The molecule has 1 aromatic rings. The molecule has 6 heteroatoms. The number of nitrogen functional groups attached to an aromatic ring is 1. The van der Waals surface area contributed by atoms with E-state index < -0.39 is 12.2 Å². The van der Waals surface area contributed by atoms with Gasteiger partial charge in [0.2, 0.25) is 0 Å². The average Bonchev–Trinajstić information content (AvgIpc) is 2.26. The molecule has 0 aliphatic carbocycles. The Hall–Kier alpha value is -1.43. The lowest BCUT2D eigenvalue weighted by atomic mass is 9.91. The monoisotopic (exact) mass is 260 g/mol. The third kappa shape index (κ3) is 2.12. The van der Waals surface area contributed by atoms with Crippen molar-refractivity contribution in [2.75, 3.05) is 26.4 Å². The van der Waals surface area contributed by atoms with Crippen molar-refractivity contribution in [1.29, 1.82) is 0 Å². The third-order valence-electron chi connectivity index (χ3n) is 3.27. The van der Waals surface area contributed by atoms with Crippen LogP contribution in [0.15, 0.2) is 12.1 Å². The summed E-state index contributed by atoms with van der Waals surface area (Å²) in [4.78, 5) is 1.30. The van der Waals surface area contributed by atoms with Crippen molar-refractivity contribution in [3.8, 4) is 5.75 Å². The quantitative estimate of drug-likeness (QED) is 0.788. The lowest BCUT2D eigenvalue weighted by molar-refractivity contribution is -0.185. The fourth-order valence-electron chi connectivity index (χ4n) is 2.39. The summed E-state index contributed by atoms with van der Waals surface area (Å²) < 4.78 is 44.3. The van der Waals surface area contributed by atoms with Gasteiger partial charge in [-0.05, 0) is 36.7 Å². The van der Waals surface area contributed by atoms with Gasteiger partial charge in [-0.25, -0.2) is 0 Å². The SMILES string of the molecule is COc1cc2c(cc1N)C(C(F)(F)F)N(C)CC2. The molecule has 3 nitrogen and oxygen atoms in total. The van der Waals surface area contributed by atoms with Crippen LogP contribution < -0.4 is 10.5 Å². The molecule has 100 valence electrons. The number of ether oxygens (including phenoxy) is 1. The Morgan fingerprint density at radius 3 is 2.61 bits per heavy atom. The molecule has 1 aromatic carbocycles. The minimum Gasteiger partial charge on any atom is -0.495 e. The number of rotatable bonds is 1. The van der Waals surface area contributed by atoms with Gasteiger partial charge in [-0.15, -0.1) is 0 Å². The van der Waals surface area contributed by atoms with Crippen LogP contribution in [0.25, 0.3) is 0 Å². The van der Waals surface area contributed by atoms with E-state index in [2.05, 4.69) is 0 Å². The number of likely N-dealkylation sites (N-methyl/N-ethyl adjacent to an activating group) is 1. The molecule has 1 unspecified atom stereocenters. The molecule has 0 radical (unpaired) electrons. The zero-order valence-electron chi connectivity index (χ0n) is 10.2. The Labute approximate surface area is 103 Å². The number of alkyl halides is 3. The largest absolute Gasteiger partial charge is 0.495 e.